The minimum atomic E-state index is -4.72. The first-order valence-electron chi connectivity index (χ1n) is 9.30. The minimum Gasteiger partial charge on any atom is -0.481 e. The van der Waals surface area contributed by atoms with Crippen molar-refractivity contribution in [2.75, 3.05) is 11.4 Å². The van der Waals surface area contributed by atoms with Crippen molar-refractivity contribution in [2.45, 2.75) is 38.4 Å². The molecule has 0 aliphatic carbocycles. The van der Waals surface area contributed by atoms with E-state index in [2.05, 4.69) is 15.1 Å². The van der Waals surface area contributed by atoms with Crippen LogP contribution in [0.3, 0.4) is 0 Å². The van der Waals surface area contributed by atoms with Crippen molar-refractivity contribution in [1.82, 2.24) is 19.7 Å². The van der Waals surface area contributed by atoms with Crippen LogP contribution >= 0.6 is 0 Å². The molecule has 1 aliphatic rings. The van der Waals surface area contributed by atoms with Crippen LogP contribution in [0.4, 0.5) is 24.7 Å². The van der Waals surface area contributed by atoms with E-state index < -0.39 is 46.1 Å². The SMILES string of the molecule is CCC1CC(C(=O)O)CCN1c1ncnc(Oc2cc(C(F)(F)F)nn2C)c1[N+](=O)[O-]. The highest BCUT2D eigenvalue weighted by Crippen LogP contribution is 2.40. The Bertz CT molecular complexity index is 995. The summed E-state index contributed by atoms with van der Waals surface area (Å²) in [4.78, 5) is 31.7. The van der Waals surface area contributed by atoms with Crippen LogP contribution in [0, 0.1) is 16.0 Å². The molecule has 14 heteroatoms. The van der Waals surface area contributed by atoms with E-state index in [9.17, 15) is 33.2 Å². The molecular weight excluding hydrogens is 425 g/mol. The van der Waals surface area contributed by atoms with Crippen LogP contribution < -0.4 is 9.64 Å². The highest BCUT2D eigenvalue weighted by atomic mass is 19.4. The molecule has 1 aliphatic heterocycles. The van der Waals surface area contributed by atoms with Crippen LogP contribution in [0.1, 0.15) is 31.9 Å². The topological polar surface area (TPSA) is 137 Å². The number of alkyl halides is 3. The van der Waals surface area contributed by atoms with Gasteiger partial charge in [0, 0.05) is 25.7 Å². The van der Waals surface area contributed by atoms with Gasteiger partial charge in [0.25, 0.3) is 0 Å². The number of rotatable bonds is 6. The third kappa shape index (κ3) is 4.51. The Kier molecular flexibility index (Phi) is 5.99. The zero-order valence-electron chi connectivity index (χ0n) is 16.5. The van der Waals surface area contributed by atoms with Gasteiger partial charge in [-0.3, -0.25) is 14.9 Å². The predicted molar refractivity (Wildman–Crippen MR) is 98.8 cm³/mol. The fourth-order valence-corrected chi connectivity index (χ4v) is 3.52. The zero-order valence-corrected chi connectivity index (χ0v) is 16.5. The van der Waals surface area contributed by atoms with Crippen molar-refractivity contribution < 1.29 is 32.7 Å². The molecule has 168 valence electrons. The van der Waals surface area contributed by atoms with Crippen molar-refractivity contribution in [1.29, 1.82) is 0 Å². The summed E-state index contributed by atoms with van der Waals surface area (Å²) >= 11 is 0. The molecule has 0 spiro atoms. The maximum atomic E-state index is 12.9. The normalized spacial score (nSPS) is 19.3. The quantitative estimate of drug-likeness (QED) is 0.526. The Labute approximate surface area is 173 Å². The van der Waals surface area contributed by atoms with E-state index in [0.717, 1.165) is 11.0 Å². The zero-order chi connectivity index (χ0) is 22.9. The number of hydrogen-bond acceptors (Lipinski definition) is 8. The molecule has 11 nitrogen and oxygen atoms in total. The summed E-state index contributed by atoms with van der Waals surface area (Å²) in [5.41, 5.74) is -1.84. The summed E-state index contributed by atoms with van der Waals surface area (Å²) < 4.78 is 44.8. The highest BCUT2D eigenvalue weighted by Gasteiger charge is 2.38. The van der Waals surface area contributed by atoms with Gasteiger partial charge in [0.15, 0.2) is 5.69 Å². The Balaban J connectivity index is 1.98. The van der Waals surface area contributed by atoms with Crippen molar-refractivity contribution in [2.24, 2.45) is 13.0 Å². The van der Waals surface area contributed by atoms with Gasteiger partial charge in [-0.25, -0.2) is 9.67 Å². The molecule has 1 N–H and O–H groups in total. The first kappa shape index (κ1) is 22.2. The molecule has 3 rings (SSSR count). The van der Waals surface area contributed by atoms with E-state index in [-0.39, 0.29) is 31.2 Å². The van der Waals surface area contributed by atoms with Crippen LogP contribution in [0.15, 0.2) is 12.4 Å². The van der Waals surface area contributed by atoms with Gasteiger partial charge in [0.2, 0.25) is 11.7 Å². The third-order valence-corrected chi connectivity index (χ3v) is 5.09. The van der Waals surface area contributed by atoms with Gasteiger partial charge in [-0.1, -0.05) is 6.92 Å². The molecule has 0 bridgehead atoms. The fourth-order valence-electron chi connectivity index (χ4n) is 3.52. The molecule has 2 aromatic rings. The Morgan fingerprint density at radius 1 is 1.42 bits per heavy atom. The van der Waals surface area contributed by atoms with Crippen LogP contribution in [-0.4, -0.2) is 48.3 Å². The Morgan fingerprint density at radius 2 is 2.13 bits per heavy atom. The number of anilines is 1. The number of aromatic nitrogens is 4. The lowest BCUT2D eigenvalue weighted by molar-refractivity contribution is -0.385. The number of aryl methyl sites for hydroxylation is 1. The molecule has 1 saturated heterocycles. The first-order chi connectivity index (χ1) is 14.5. The lowest BCUT2D eigenvalue weighted by Crippen LogP contribution is -2.44. The van der Waals surface area contributed by atoms with E-state index in [1.807, 2.05) is 6.92 Å². The van der Waals surface area contributed by atoms with Gasteiger partial charge in [0.1, 0.15) is 6.33 Å². The molecule has 0 aromatic carbocycles. The number of nitrogens with zero attached hydrogens (tertiary/aromatic N) is 6. The van der Waals surface area contributed by atoms with Crippen LogP contribution in [0.25, 0.3) is 0 Å². The maximum absolute atomic E-state index is 12.9. The fraction of sp³-hybridized carbons (Fsp3) is 0.529. The van der Waals surface area contributed by atoms with Crippen molar-refractivity contribution in [3.63, 3.8) is 0 Å². The van der Waals surface area contributed by atoms with E-state index in [0.29, 0.717) is 12.5 Å². The first-order valence-corrected chi connectivity index (χ1v) is 9.30. The molecule has 0 radical (unpaired) electrons. The summed E-state index contributed by atoms with van der Waals surface area (Å²) in [5.74, 6) is -2.52. The number of ether oxygens (including phenoxy) is 1. The average Bonchev–Trinajstić information content (AvgIpc) is 3.07. The number of hydrogen-bond donors (Lipinski definition) is 1. The molecule has 2 atom stereocenters. The Morgan fingerprint density at radius 3 is 2.68 bits per heavy atom. The number of carboxylic acid groups (broad SMARTS) is 1. The lowest BCUT2D eigenvalue weighted by atomic mass is 9.89. The summed E-state index contributed by atoms with van der Waals surface area (Å²) in [7, 11) is 1.20. The summed E-state index contributed by atoms with van der Waals surface area (Å²) in [5, 5.41) is 24.4. The molecule has 2 aromatic heterocycles. The predicted octanol–water partition coefficient (Wildman–Crippen LogP) is 3.01. The third-order valence-electron chi connectivity index (χ3n) is 5.09. The van der Waals surface area contributed by atoms with Crippen molar-refractivity contribution in [3.8, 4) is 11.8 Å². The minimum absolute atomic E-state index is 0.0797. The summed E-state index contributed by atoms with van der Waals surface area (Å²) in [6.07, 6.45) is -2.66. The Hall–Kier alpha value is -3.45. The van der Waals surface area contributed by atoms with Gasteiger partial charge in [-0.05, 0) is 19.3 Å². The number of piperidine rings is 1. The molecule has 0 saturated carbocycles. The number of carboxylic acids is 1. The molecule has 1 fully saturated rings. The highest BCUT2D eigenvalue weighted by molar-refractivity contribution is 5.71. The number of nitro groups is 1. The van der Waals surface area contributed by atoms with Crippen molar-refractivity contribution in [3.05, 3.63) is 28.2 Å². The molecular formula is C17H19F3N6O5. The largest absolute Gasteiger partial charge is 0.481 e. The van der Waals surface area contributed by atoms with Crippen LogP contribution in [0.2, 0.25) is 0 Å². The van der Waals surface area contributed by atoms with E-state index in [1.165, 1.54) is 7.05 Å². The van der Waals surface area contributed by atoms with Gasteiger partial charge in [-0.2, -0.15) is 23.3 Å². The van der Waals surface area contributed by atoms with Gasteiger partial charge in [0.05, 0.1) is 10.8 Å². The van der Waals surface area contributed by atoms with Crippen LogP contribution in [-0.2, 0) is 18.0 Å². The average molecular weight is 444 g/mol. The maximum Gasteiger partial charge on any atom is 0.435 e. The molecule has 31 heavy (non-hydrogen) atoms. The van der Waals surface area contributed by atoms with E-state index in [1.54, 1.807) is 4.90 Å². The van der Waals surface area contributed by atoms with Crippen LogP contribution in [0.5, 0.6) is 11.8 Å². The summed E-state index contributed by atoms with van der Waals surface area (Å²) in [6, 6.07) is 0.281. The van der Waals surface area contributed by atoms with Gasteiger partial charge < -0.3 is 14.7 Å². The van der Waals surface area contributed by atoms with Crippen molar-refractivity contribution >= 4 is 17.5 Å². The monoisotopic (exact) mass is 444 g/mol. The number of aliphatic carboxylic acids is 1. The van der Waals surface area contributed by atoms with E-state index >= 15 is 0 Å². The van der Waals surface area contributed by atoms with Gasteiger partial charge >= 0.3 is 23.7 Å². The second-order valence-corrected chi connectivity index (χ2v) is 7.01. The smallest absolute Gasteiger partial charge is 0.435 e. The second kappa shape index (κ2) is 8.35. The van der Waals surface area contributed by atoms with E-state index in [4.69, 9.17) is 4.74 Å². The number of halogens is 3. The second-order valence-electron chi connectivity index (χ2n) is 7.01. The lowest BCUT2D eigenvalue weighted by Gasteiger charge is -2.38. The number of carbonyl (C=O) groups is 1. The summed E-state index contributed by atoms with van der Waals surface area (Å²) in [6.45, 7) is 2.03. The molecule has 3 heterocycles. The van der Waals surface area contributed by atoms with Gasteiger partial charge in [-0.15, -0.1) is 0 Å². The molecule has 2 unspecified atom stereocenters. The molecule has 0 amide bonds. The standard InChI is InChI=1S/C17H19F3N6O5/c1-3-10-6-9(16(27)28)4-5-25(10)14-13(26(29)30)15(22-8-21-14)31-12-7-11(17(18,19)20)23-24(12)2/h7-10H,3-6H2,1-2H3,(H,27,28).